The zero-order valence-electron chi connectivity index (χ0n) is 9.87. The van der Waals surface area contributed by atoms with Gasteiger partial charge < -0.3 is 10.3 Å². The molecule has 0 fully saturated rings. The van der Waals surface area contributed by atoms with Crippen molar-refractivity contribution in [1.82, 2.24) is 9.55 Å². The second-order valence-electron chi connectivity index (χ2n) is 3.57. The van der Waals surface area contributed by atoms with Crippen LogP contribution in [0.1, 0.15) is 10.4 Å². The zero-order valence-corrected chi connectivity index (χ0v) is 11.5. The van der Waals surface area contributed by atoms with Gasteiger partial charge in [0.1, 0.15) is 5.82 Å². The van der Waals surface area contributed by atoms with Crippen LogP contribution in [0.5, 0.6) is 0 Å². The van der Waals surface area contributed by atoms with Crippen molar-refractivity contribution in [1.29, 1.82) is 0 Å². The molecule has 0 spiro atoms. The summed E-state index contributed by atoms with van der Waals surface area (Å²) in [5.41, 5.74) is 6.92. The van der Waals surface area contributed by atoms with Crippen molar-refractivity contribution in [2.24, 2.45) is 12.8 Å². The summed E-state index contributed by atoms with van der Waals surface area (Å²) >= 11 is 0. The van der Waals surface area contributed by atoms with Crippen LogP contribution in [0.3, 0.4) is 0 Å². The van der Waals surface area contributed by atoms with Crippen molar-refractivity contribution in [2.45, 2.75) is 0 Å². The van der Waals surface area contributed by atoms with Gasteiger partial charge in [-0.05, 0) is 0 Å². The molecule has 0 saturated carbocycles. The molecule has 1 heterocycles. The highest BCUT2D eigenvalue weighted by molar-refractivity contribution is 5.97. The van der Waals surface area contributed by atoms with E-state index < -0.39 is 0 Å². The van der Waals surface area contributed by atoms with Crippen molar-refractivity contribution in [3.8, 4) is 11.4 Å². The number of rotatable bonds is 3. The minimum absolute atomic E-state index is 0. The van der Waals surface area contributed by atoms with Gasteiger partial charge in [0.25, 0.3) is 0 Å². The first-order valence-corrected chi connectivity index (χ1v) is 5.03. The molecule has 0 aliphatic heterocycles. The highest BCUT2D eigenvalue weighted by Crippen LogP contribution is 2.17. The predicted octanol–water partition coefficient (Wildman–Crippen LogP) is 2.07. The van der Waals surface area contributed by atoms with E-state index in [1.807, 2.05) is 29.9 Å². The average Bonchev–Trinajstić information content (AvgIpc) is 2.75. The molecule has 0 unspecified atom stereocenters. The number of hydrogen-bond acceptors (Lipinski definition) is 3. The third-order valence-corrected chi connectivity index (χ3v) is 2.47. The molecule has 2 N–H and O–H groups in total. The van der Waals surface area contributed by atoms with E-state index in [4.69, 9.17) is 5.73 Å². The molecule has 0 radical (unpaired) electrons. The van der Waals surface area contributed by atoms with E-state index in [9.17, 15) is 4.79 Å². The number of benzene rings is 1. The molecule has 0 bridgehead atoms. The minimum atomic E-state index is -0.0496. The van der Waals surface area contributed by atoms with Gasteiger partial charge in [0, 0.05) is 30.6 Å². The van der Waals surface area contributed by atoms with Gasteiger partial charge in [-0.3, -0.25) is 4.79 Å². The van der Waals surface area contributed by atoms with E-state index in [-0.39, 0.29) is 37.1 Å². The lowest BCUT2D eigenvalue weighted by molar-refractivity contribution is 0.100. The first kappa shape index (κ1) is 16.6. The van der Waals surface area contributed by atoms with Crippen molar-refractivity contribution < 1.29 is 4.79 Å². The fourth-order valence-corrected chi connectivity index (χ4v) is 1.57. The lowest BCUT2D eigenvalue weighted by Crippen LogP contribution is -2.13. The number of halogens is 2. The number of nitrogens with zero attached hydrogens (tertiary/aromatic N) is 2. The van der Waals surface area contributed by atoms with Crippen LogP contribution >= 0.6 is 24.8 Å². The molecular formula is C12H15Cl2N3O. The zero-order chi connectivity index (χ0) is 11.5. The normalized spacial score (nSPS) is 9.22. The summed E-state index contributed by atoms with van der Waals surface area (Å²) in [6.07, 6.45) is 3.63. The number of aryl methyl sites for hydroxylation is 1. The summed E-state index contributed by atoms with van der Waals surface area (Å²) in [4.78, 5) is 15.6. The molecule has 0 aliphatic carbocycles. The van der Waals surface area contributed by atoms with Crippen molar-refractivity contribution in [3.63, 3.8) is 0 Å². The van der Waals surface area contributed by atoms with Gasteiger partial charge in [0.05, 0.1) is 6.54 Å². The molecule has 98 valence electrons. The van der Waals surface area contributed by atoms with Gasteiger partial charge in [-0.15, -0.1) is 24.8 Å². The Morgan fingerprint density at radius 1 is 1.28 bits per heavy atom. The summed E-state index contributed by atoms with van der Waals surface area (Å²) in [6.45, 7) is 0.0434. The minimum Gasteiger partial charge on any atom is -0.334 e. The SMILES string of the molecule is Cl.Cl.Cn1ccnc1-c1ccc(C(=O)CN)cc1. The number of hydrogen-bond donors (Lipinski definition) is 1. The van der Waals surface area contributed by atoms with Gasteiger partial charge in [-0.1, -0.05) is 24.3 Å². The fourth-order valence-electron chi connectivity index (χ4n) is 1.57. The van der Waals surface area contributed by atoms with Crippen molar-refractivity contribution in [2.75, 3.05) is 6.54 Å². The maximum atomic E-state index is 11.3. The van der Waals surface area contributed by atoms with E-state index in [1.54, 1.807) is 18.3 Å². The maximum Gasteiger partial charge on any atom is 0.176 e. The fraction of sp³-hybridized carbons (Fsp3) is 0.167. The molecule has 2 aromatic rings. The van der Waals surface area contributed by atoms with E-state index in [1.165, 1.54) is 0 Å². The molecule has 0 aliphatic rings. The molecule has 1 aromatic carbocycles. The number of Topliss-reactive ketones (excluding diaryl/α,β-unsaturated/α-hetero) is 1. The van der Waals surface area contributed by atoms with Gasteiger partial charge in [-0.25, -0.2) is 4.98 Å². The Morgan fingerprint density at radius 2 is 1.89 bits per heavy atom. The Balaban J connectivity index is 0.00000144. The molecule has 0 amide bonds. The van der Waals surface area contributed by atoms with Gasteiger partial charge in [0.2, 0.25) is 0 Å². The van der Waals surface area contributed by atoms with Crippen LogP contribution < -0.4 is 5.73 Å². The predicted molar refractivity (Wildman–Crippen MR) is 76.5 cm³/mol. The number of carbonyl (C=O) groups is 1. The monoisotopic (exact) mass is 287 g/mol. The van der Waals surface area contributed by atoms with E-state index in [0.29, 0.717) is 5.56 Å². The molecular weight excluding hydrogens is 273 g/mol. The molecule has 6 heteroatoms. The summed E-state index contributed by atoms with van der Waals surface area (Å²) in [5.74, 6) is 0.832. The van der Waals surface area contributed by atoms with E-state index in [2.05, 4.69) is 4.98 Å². The molecule has 4 nitrogen and oxygen atoms in total. The lowest BCUT2D eigenvalue weighted by atomic mass is 10.1. The number of carbonyl (C=O) groups excluding carboxylic acids is 1. The highest BCUT2D eigenvalue weighted by Gasteiger charge is 2.05. The molecule has 0 atom stereocenters. The van der Waals surface area contributed by atoms with Crippen molar-refractivity contribution >= 4 is 30.6 Å². The summed E-state index contributed by atoms with van der Waals surface area (Å²) in [7, 11) is 1.93. The summed E-state index contributed by atoms with van der Waals surface area (Å²) in [6, 6.07) is 7.31. The quantitative estimate of drug-likeness (QED) is 0.879. The van der Waals surface area contributed by atoms with Crippen molar-refractivity contribution in [3.05, 3.63) is 42.2 Å². The van der Waals surface area contributed by atoms with Gasteiger partial charge in [-0.2, -0.15) is 0 Å². The third-order valence-electron chi connectivity index (χ3n) is 2.47. The number of aromatic nitrogens is 2. The Hall–Kier alpha value is -1.36. The first-order chi connectivity index (χ1) is 7.72. The Labute approximate surface area is 118 Å². The molecule has 18 heavy (non-hydrogen) atoms. The van der Waals surface area contributed by atoms with E-state index in [0.717, 1.165) is 11.4 Å². The van der Waals surface area contributed by atoms with Crippen LogP contribution in [-0.4, -0.2) is 21.9 Å². The van der Waals surface area contributed by atoms with Gasteiger partial charge in [0.15, 0.2) is 5.78 Å². The van der Waals surface area contributed by atoms with Crippen LogP contribution in [0, 0.1) is 0 Å². The number of nitrogens with two attached hydrogens (primary N) is 1. The summed E-state index contributed by atoms with van der Waals surface area (Å²) in [5, 5.41) is 0. The molecule has 1 aromatic heterocycles. The lowest BCUT2D eigenvalue weighted by Gasteiger charge is -2.03. The van der Waals surface area contributed by atoms with Crippen LogP contribution in [-0.2, 0) is 7.05 Å². The number of ketones is 1. The second-order valence-corrected chi connectivity index (χ2v) is 3.57. The molecule has 0 saturated heterocycles. The Kier molecular flexibility index (Phi) is 6.62. The van der Waals surface area contributed by atoms with E-state index >= 15 is 0 Å². The topological polar surface area (TPSA) is 60.9 Å². The largest absolute Gasteiger partial charge is 0.334 e. The standard InChI is InChI=1S/C12H13N3O.2ClH/c1-15-7-6-14-12(15)10-4-2-9(3-5-10)11(16)8-13;;/h2-7H,8,13H2,1H3;2*1H. The number of imidazole rings is 1. The van der Waals surface area contributed by atoms with Crippen LogP contribution in [0.4, 0.5) is 0 Å². The van der Waals surface area contributed by atoms with Crippen LogP contribution in [0.2, 0.25) is 0 Å². The second kappa shape index (κ2) is 7.16. The van der Waals surface area contributed by atoms with Crippen LogP contribution in [0.15, 0.2) is 36.7 Å². The van der Waals surface area contributed by atoms with Crippen LogP contribution in [0.25, 0.3) is 11.4 Å². The highest BCUT2D eigenvalue weighted by atomic mass is 35.5. The Morgan fingerprint density at radius 3 is 2.33 bits per heavy atom. The van der Waals surface area contributed by atoms with Gasteiger partial charge >= 0.3 is 0 Å². The third kappa shape index (κ3) is 3.32. The Bertz CT molecular complexity index is 508. The summed E-state index contributed by atoms with van der Waals surface area (Å²) < 4.78 is 1.93. The smallest absolute Gasteiger partial charge is 0.176 e. The first-order valence-electron chi connectivity index (χ1n) is 5.03. The maximum absolute atomic E-state index is 11.3. The molecule has 2 rings (SSSR count). The average molecular weight is 288 g/mol.